The number of hydrogen-bond acceptors (Lipinski definition) is 2. The van der Waals surface area contributed by atoms with Crippen LogP contribution < -0.4 is 5.32 Å². The molecule has 0 saturated carbocycles. The smallest absolute Gasteiger partial charge is 0.128 e. The first-order valence-corrected chi connectivity index (χ1v) is 6.11. The summed E-state index contributed by atoms with van der Waals surface area (Å²) in [5.41, 5.74) is 1.51. The zero-order valence-corrected chi connectivity index (χ0v) is 11.1. The lowest BCUT2D eigenvalue weighted by Crippen LogP contribution is -2.24. The Bertz CT molecular complexity index is 539. The van der Waals surface area contributed by atoms with Gasteiger partial charge in [0, 0.05) is 5.56 Å². The SMILES string of the molecule is CNC(Cn1ncc(Cl)c1C)c1ccccc1F. The van der Waals surface area contributed by atoms with Crippen molar-refractivity contribution in [1.29, 1.82) is 0 Å². The molecule has 1 aromatic carbocycles. The van der Waals surface area contributed by atoms with Gasteiger partial charge in [-0.2, -0.15) is 5.10 Å². The molecule has 1 heterocycles. The molecule has 0 radical (unpaired) electrons. The molecule has 1 atom stereocenters. The van der Waals surface area contributed by atoms with Crippen LogP contribution >= 0.6 is 11.6 Å². The lowest BCUT2D eigenvalue weighted by atomic mass is 10.1. The molecule has 0 aliphatic carbocycles. The molecule has 1 N–H and O–H groups in total. The molecule has 0 aliphatic heterocycles. The van der Waals surface area contributed by atoms with E-state index < -0.39 is 0 Å². The van der Waals surface area contributed by atoms with Crippen LogP contribution in [0.1, 0.15) is 17.3 Å². The fourth-order valence-corrected chi connectivity index (χ4v) is 2.02. The molecular weight excluding hydrogens is 253 g/mol. The topological polar surface area (TPSA) is 29.9 Å². The average Bonchev–Trinajstić information content (AvgIpc) is 2.68. The number of hydrogen-bond donors (Lipinski definition) is 1. The fourth-order valence-electron chi connectivity index (χ4n) is 1.88. The molecule has 3 nitrogen and oxygen atoms in total. The quantitative estimate of drug-likeness (QED) is 0.923. The first kappa shape index (κ1) is 13.1. The number of aromatic nitrogens is 2. The summed E-state index contributed by atoms with van der Waals surface area (Å²) in [7, 11) is 1.80. The van der Waals surface area contributed by atoms with E-state index in [0.717, 1.165) is 5.69 Å². The molecule has 0 saturated heterocycles. The number of halogens is 2. The highest BCUT2D eigenvalue weighted by Gasteiger charge is 2.16. The van der Waals surface area contributed by atoms with Crippen LogP contribution in [0, 0.1) is 12.7 Å². The number of rotatable bonds is 4. The Morgan fingerprint density at radius 3 is 2.72 bits per heavy atom. The first-order valence-electron chi connectivity index (χ1n) is 5.73. The predicted molar refractivity (Wildman–Crippen MR) is 70.2 cm³/mol. The molecular formula is C13H15ClFN3. The largest absolute Gasteiger partial charge is 0.311 e. The first-order chi connectivity index (χ1) is 8.63. The molecule has 0 spiro atoms. The van der Waals surface area contributed by atoms with Crippen LogP contribution in [0.25, 0.3) is 0 Å². The van der Waals surface area contributed by atoms with Crippen LogP contribution in [0.3, 0.4) is 0 Å². The van der Waals surface area contributed by atoms with Gasteiger partial charge >= 0.3 is 0 Å². The number of nitrogens with one attached hydrogen (secondary N) is 1. The lowest BCUT2D eigenvalue weighted by Gasteiger charge is -2.18. The van der Waals surface area contributed by atoms with Crippen molar-refractivity contribution >= 4 is 11.6 Å². The Hall–Kier alpha value is -1.39. The van der Waals surface area contributed by atoms with E-state index in [0.29, 0.717) is 17.1 Å². The highest BCUT2D eigenvalue weighted by molar-refractivity contribution is 6.31. The van der Waals surface area contributed by atoms with Crippen molar-refractivity contribution in [2.45, 2.75) is 19.5 Å². The van der Waals surface area contributed by atoms with Gasteiger partial charge in [0.15, 0.2) is 0 Å². The minimum atomic E-state index is -0.215. The highest BCUT2D eigenvalue weighted by Crippen LogP contribution is 2.20. The summed E-state index contributed by atoms with van der Waals surface area (Å²) in [6.07, 6.45) is 1.60. The molecule has 2 rings (SSSR count). The van der Waals surface area contributed by atoms with E-state index >= 15 is 0 Å². The number of nitrogens with zero attached hydrogens (tertiary/aromatic N) is 2. The van der Waals surface area contributed by atoms with Gasteiger partial charge in [0.2, 0.25) is 0 Å². The second-order valence-corrected chi connectivity index (χ2v) is 4.53. The summed E-state index contributed by atoms with van der Waals surface area (Å²) in [6.45, 7) is 2.43. The van der Waals surface area contributed by atoms with Crippen LogP contribution in [0.5, 0.6) is 0 Å². The molecule has 0 fully saturated rings. The summed E-state index contributed by atoms with van der Waals surface area (Å²) in [4.78, 5) is 0. The zero-order valence-electron chi connectivity index (χ0n) is 10.3. The Balaban J connectivity index is 2.25. The van der Waals surface area contributed by atoms with Crippen molar-refractivity contribution in [2.75, 3.05) is 7.05 Å². The minimum absolute atomic E-state index is 0.138. The van der Waals surface area contributed by atoms with Crippen LogP contribution in [0.15, 0.2) is 30.5 Å². The van der Waals surface area contributed by atoms with E-state index in [4.69, 9.17) is 11.6 Å². The molecule has 2 aromatic rings. The van der Waals surface area contributed by atoms with Crippen LogP contribution in [-0.4, -0.2) is 16.8 Å². The Labute approximate surface area is 111 Å². The van der Waals surface area contributed by atoms with Gasteiger partial charge in [-0.25, -0.2) is 4.39 Å². The molecule has 5 heteroatoms. The minimum Gasteiger partial charge on any atom is -0.311 e. The Morgan fingerprint density at radius 1 is 1.44 bits per heavy atom. The summed E-state index contributed by atoms with van der Waals surface area (Å²) in [5, 5.41) is 7.90. The van der Waals surface area contributed by atoms with Crippen molar-refractivity contribution in [3.8, 4) is 0 Å². The van der Waals surface area contributed by atoms with Crippen molar-refractivity contribution < 1.29 is 4.39 Å². The summed E-state index contributed by atoms with van der Waals surface area (Å²) < 4.78 is 15.5. The van der Waals surface area contributed by atoms with E-state index in [2.05, 4.69) is 10.4 Å². The van der Waals surface area contributed by atoms with Crippen molar-refractivity contribution in [1.82, 2.24) is 15.1 Å². The van der Waals surface area contributed by atoms with E-state index in [1.807, 2.05) is 13.0 Å². The Kier molecular flexibility index (Phi) is 3.99. The lowest BCUT2D eigenvalue weighted by molar-refractivity contribution is 0.444. The molecule has 96 valence electrons. The van der Waals surface area contributed by atoms with Gasteiger partial charge in [0.25, 0.3) is 0 Å². The summed E-state index contributed by atoms with van der Waals surface area (Å²) in [6, 6.07) is 6.60. The van der Waals surface area contributed by atoms with Gasteiger partial charge in [-0.3, -0.25) is 4.68 Å². The van der Waals surface area contributed by atoms with Crippen LogP contribution in [0.4, 0.5) is 4.39 Å². The second kappa shape index (κ2) is 5.50. The summed E-state index contributed by atoms with van der Waals surface area (Å²) >= 11 is 5.96. The standard InChI is InChI=1S/C13H15ClFN3/c1-9-11(14)7-17-18(9)8-13(16-2)10-5-3-4-6-12(10)15/h3-7,13,16H,8H2,1-2H3. The molecule has 0 amide bonds. The van der Waals surface area contributed by atoms with E-state index in [-0.39, 0.29) is 11.9 Å². The molecule has 0 bridgehead atoms. The second-order valence-electron chi connectivity index (χ2n) is 4.12. The van der Waals surface area contributed by atoms with Gasteiger partial charge < -0.3 is 5.32 Å². The highest BCUT2D eigenvalue weighted by atomic mass is 35.5. The third-order valence-electron chi connectivity index (χ3n) is 3.03. The van der Waals surface area contributed by atoms with E-state index in [1.54, 1.807) is 30.1 Å². The van der Waals surface area contributed by atoms with E-state index in [1.165, 1.54) is 6.07 Å². The van der Waals surface area contributed by atoms with Crippen LogP contribution in [0.2, 0.25) is 5.02 Å². The molecule has 1 unspecified atom stereocenters. The maximum atomic E-state index is 13.7. The molecule has 0 aliphatic rings. The fraction of sp³-hybridized carbons (Fsp3) is 0.308. The normalized spacial score (nSPS) is 12.7. The van der Waals surface area contributed by atoms with E-state index in [9.17, 15) is 4.39 Å². The van der Waals surface area contributed by atoms with Crippen molar-refractivity contribution in [3.63, 3.8) is 0 Å². The van der Waals surface area contributed by atoms with Crippen LogP contribution in [-0.2, 0) is 6.54 Å². The summed E-state index contributed by atoms with van der Waals surface area (Å²) in [5.74, 6) is -0.215. The molecule has 1 aromatic heterocycles. The maximum Gasteiger partial charge on any atom is 0.128 e. The third kappa shape index (κ3) is 2.54. The average molecular weight is 268 g/mol. The van der Waals surface area contributed by atoms with Gasteiger partial charge in [-0.05, 0) is 20.0 Å². The third-order valence-corrected chi connectivity index (χ3v) is 3.40. The number of likely N-dealkylation sites (N-methyl/N-ethyl adjacent to an activating group) is 1. The van der Waals surface area contributed by atoms with Gasteiger partial charge in [0.1, 0.15) is 5.82 Å². The van der Waals surface area contributed by atoms with Gasteiger partial charge in [-0.15, -0.1) is 0 Å². The Morgan fingerprint density at radius 2 is 2.17 bits per heavy atom. The molecule has 18 heavy (non-hydrogen) atoms. The monoisotopic (exact) mass is 267 g/mol. The van der Waals surface area contributed by atoms with Gasteiger partial charge in [0.05, 0.1) is 29.5 Å². The van der Waals surface area contributed by atoms with Gasteiger partial charge in [-0.1, -0.05) is 29.8 Å². The van der Waals surface area contributed by atoms with Crippen molar-refractivity contribution in [3.05, 3.63) is 52.6 Å². The number of benzene rings is 1. The predicted octanol–water partition coefficient (Wildman–Crippen LogP) is 2.94. The maximum absolute atomic E-state index is 13.7. The zero-order chi connectivity index (χ0) is 13.1. The van der Waals surface area contributed by atoms with Crippen molar-refractivity contribution in [2.24, 2.45) is 0 Å².